The molecule has 0 bridgehead atoms. The van der Waals surface area contributed by atoms with Crippen molar-refractivity contribution < 1.29 is 15.0 Å². The van der Waals surface area contributed by atoms with Gasteiger partial charge in [-0.2, -0.15) is 0 Å². The first-order valence-electron chi connectivity index (χ1n) is 2.83. The van der Waals surface area contributed by atoms with Gasteiger partial charge in [-0.1, -0.05) is 34.8 Å². The Kier molecular flexibility index (Phi) is 8.30. The minimum Gasteiger partial charge on any atom is -0.365 e. The summed E-state index contributed by atoms with van der Waals surface area (Å²) in [7, 11) is 1.60. The van der Waals surface area contributed by atoms with Crippen LogP contribution in [-0.4, -0.2) is 33.3 Å². The van der Waals surface area contributed by atoms with E-state index in [1.165, 1.54) is 6.92 Å². The largest absolute Gasteiger partial charge is 0.365 e. The molecule has 0 saturated heterocycles. The lowest BCUT2D eigenvalue weighted by atomic mass is 10.7. The third-order valence-corrected chi connectivity index (χ3v) is 1.23. The van der Waals surface area contributed by atoms with Gasteiger partial charge in [-0.15, -0.1) is 0 Å². The van der Waals surface area contributed by atoms with Gasteiger partial charge in [-0.05, 0) is 0 Å². The van der Waals surface area contributed by atoms with Crippen LogP contribution >= 0.6 is 34.8 Å². The number of amides is 1. The smallest absolute Gasteiger partial charge is 0.240 e. The van der Waals surface area contributed by atoms with E-state index in [0.717, 1.165) is 0 Å². The number of aliphatic hydroxyl groups is 2. The summed E-state index contributed by atoms with van der Waals surface area (Å²) in [5, 5.41) is 18.5. The van der Waals surface area contributed by atoms with Crippen molar-refractivity contribution in [2.24, 2.45) is 0 Å². The molecule has 7 heteroatoms. The maximum atomic E-state index is 9.70. The predicted octanol–water partition coefficient (Wildman–Crippen LogP) is 0.420. The van der Waals surface area contributed by atoms with E-state index in [4.69, 9.17) is 45.0 Å². The van der Waals surface area contributed by atoms with Crippen molar-refractivity contribution in [3.05, 3.63) is 0 Å². The summed E-state index contributed by atoms with van der Waals surface area (Å²) in [6, 6.07) is 0. The van der Waals surface area contributed by atoms with E-state index < -0.39 is 10.1 Å². The molecule has 0 saturated carbocycles. The van der Waals surface area contributed by atoms with Crippen LogP contribution in [0.15, 0.2) is 0 Å². The average molecular weight is 238 g/mol. The van der Waals surface area contributed by atoms with E-state index in [9.17, 15) is 4.79 Å². The van der Waals surface area contributed by atoms with Crippen LogP contribution in [0, 0.1) is 0 Å². The first-order valence-corrected chi connectivity index (χ1v) is 3.96. The zero-order valence-electron chi connectivity index (χ0n) is 6.51. The van der Waals surface area contributed by atoms with Crippen molar-refractivity contribution in [3.8, 4) is 0 Å². The molecule has 0 aromatic heterocycles. The molecule has 0 rings (SSSR count). The van der Waals surface area contributed by atoms with Gasteiger partial charge in [-0.3, -0.25) is 4.79 Å². The van der Waals surface area contributed by atoms with Crippen molar-refractivity contribution >= 4 is 40.7 Å². The summed E-state index contributed by atoms with van der Waals surface area (Å²) >= 11 is 14.7. The molecule has 0 aliphatic rings. The number of carbonyl (C=O) groups is 1. The van der Waals surface area contributed by atoms with Gasteiger partial charge in [-0.25, -0.2) is 0 Å². The van der Waals surface area contributed by atoms with Crippen molar-refractivity contribution in [3.63, 3.8) is 0 Å². The third-order valence-electron chi connectivity index (χ3n) is 0.645. The maximum absolute atomic E-state index is 9.70. The van der Waals surface area contributed by atoms with Crippen LogP contribution < -0.4 is 5.32 Å². The number of alkyl halides is 3. The van der Waals surface area contributed by atoms with E-state index in [1.54, 1.807) is 7.05 Å². The topological polar surface area (TPSA) is 69.6 Å². The number of halogens is 3. The van der Waals surface area contributed by atoms with Gasteiger partial charge >= 0.3 is 0 Å². The molecule has 0 aliphatic heterocycles. The fraction of sp³-hybridized carbons (Fsp3) is 0.800. The number of nitrogens with one attached hydrogen (secondary N) is 1. The fourth-order valence-electron chi connectivity index (χ4n) is 0. The highest BCUT2D eigenvalue weighted by molar-refractivity contribution is 6.67. The molecule has 0 unspecified atom stereocenters. The molecule has 1 amide bonds. The SMILES string of the molecule is CNC(C)=O.OC(O)C(Cl)(Cl)Cl. The van der Waals surface area contributed by atoms with Crippen molar-refractivity contribution in [1.82, 2.24) is 5.32 Å². The van der Waals surface area contributed by atoms with Gasteiger partial charge in [0.1, 0.15) is 0 Å². The predicted molar refractivity (Wildman–Crippen MR) is 48.3 cm³/mol. The Labute approximate surface area is 85.4 Å². The molecule has 12 heavy (non-hydrogen) atoms. The summed E-state index contributed by atoms with van der Waals surface area (Å²) in [5.74, 6) is 0.00463. The van der Waals surface area contributed by atoms with E-state index in [1.807, 2.05) is 0 Å². The zero-order valence-corrected chi connectivity index (χ0v) is 8.78. The van der Waals surface area contributed by atoms with Crippen LogP contribution in [0.25, 0.3) is 0 Å². The van der Waals surface area contributed by atoms with Gasteiger partial charge < -0.3 is 15.5 Å². The molecule has 0 heterocycles. The van der Waals surface area contributed by atoms with Gasteiger partial charge in [0, 0.05) is 14.0 Å². The first-order chi connectivity index (χ1) is 5.21. The van der Waals surface area contributed by atoms with E-state index in [2.05, 4.69) is 5.32 Å². The van der Waals surface area contributed by atoms with E-state index in [-0.39, 0.29) is 5.91 Å². The zero-order chi connectivity index (χ0) is 10.4. The summed E-state index contributed by atoms with van der Waals surface area (Å²) in [6.07, 6.45) is -1.91. The van der Waals surface area contributed by atoms with E-state index >= 15 is 0 Å². The van der Waals surface area contributed by atoms with Gasteiger partial charge in [0.25, 0.3) is 0 Å². The van der Waals surface area contributed by atoms with E-state index in [0.29, 0.717) is 0 Å². The summed E-state index contributed by atoms with van der Waals surface area (Å²) in [4.78, 5) is 9.70. The maximum Gasteiger partial charge on any atom is 0.240 e. The molecule has 0 aliphatic carbocycles. The molecule has 4 nitrogen and oxygen atoms in total. The Balaban J connectivity index is 0. The highest BCUT2D eigenvalue weighted by Gasteiger charge is 2.28. The number of hydrogen-bond donors (Lipinski definition) is 3. The summed E-state index contributed by atoms with van der Waals surface area (Å²) in [6.45, 7) is 1.47. The normalized spacial score (nSPS) is 10.3. The molecule has 0 atom stereocenters. The van der Waals surface area contributed by atoms with Crippen molar-refractivity contribution in [2.75, 3.05) is 7.05 Å². The molecule has 0 spiro atoms. The quantitative estimate of drug-likeness (QED) is 0.423. The second-order valence-corrected chi connectivity index (χ2v) is 4.09. The standard InChI is InChI=1S/C3H7NO.C2H3Cl3O2/c1-3(5)4-2;3-2(4,5)1(6)7/h1-2H3,(H,4,5);1,6-7H. The first kappa shape index (κ1) is 14.8. The Morgan fingerprint density at radius 1 is 1.42 bits per heavy atom. The Morgan fingerprint density at radius 3 is 1.58 bits per heavy atom. The molecular formula is C5H10Cl3NO3. The molecule has 0 aromatic rings. The van der Waals surface area contributed by atoms with Crippen LogP contribution in [0.4, 0.5) is 0 Å². The monoisotopic (exact) mass is 237 g/mol. The molecular weight excluding hydrogens is 228 g/mol. The van der Waals surface area contributed by atoms with Crippen LogP contribution in [0.2, 0.25) is 0 Å². The summed E-state index contributed by atoms with van der Waals surface area (Å²) in [5.41, 5.74) is 0. The number of hydrogen-bond acceptors (Lipinski definition) is 3. The lowest BCUT2D eigenvalue weighted by Crippen LogP contribution is -2.23. The number of carbonyl (C=O) groups excluding carboxylic acids is 1. The second kappa shape index (κ2) is 6.74. The fourth-order valence-corrected chi connectivity index (χ4v) is 0. The summed E-state index contributed by atoms with van der Waals surface area (Å²) < 4.78 is -1.97. The molecule has 74 valence electrons. The van der Waals surface area contributed by atoms with Crippen LogP contribution in [0.5, 0.6) is 0 Å². The minimum atomic E-state index is -1.97. The van der Waals surface area contributed by atoms with Gasteiger partial charge in [0.2, 0.25) is 9.70 Å². The van der Waals surface area contributed by atoms with Crippen LogP contribution in [-0.2, 0) is 4.79 Å². The third kappa shape index (κ3) is 12.9. The lowest BCUT2D eigenvalue weighted by Gasteiger charge is -2.10. The number of rotatable bonds is 0. The molecule has 3 N–H and O–H groups in total. The van der Waals surface area contributed by atoms with Gasteiger partial charge in [0.15, 0.2) is 6.29 Å². The minimum absolute atomic E-state index is 0.00463. The Morgan fingerprint density at radius 2 is 1.58 bits per heavy atom. The molecule has 0 radical (unpaired) electrons. The van der Waals surface area contributed by atoms with Gasteiger partial charge in [0.05, 0.1) is 0 Å². The highest BCUT2D eigenvalue weighted by Crippen LogP contribution is 2.28. The van der Waals surface area contributed by atoms with Crippen LogP contribution in [0.1, 0.15) is 6.92 Å². The Bertz CT molecular complexity index is 134. The van der Waals surface area contributed by atoms with Crippen molar-refractivity contribution in [2.45, 2.75) is 17.0 Å². The highest BCUT2D eigenvalue weighted by atomic mass is 35.6. The second-order valence-electron chi connectivity index (χ2n) is 1.72. The molecule has 0 fully saturated rings. The lowest BCUT2D eigenvalue weighted by molar-refractivity contribution is -0.118. The van der Waals surface area contributed by atoms with Crippen molar-refractivity contribution in [1.29, 1.82) is 0 Å². The molecule has 0 aromatic carbocycles. The number of aliphatic hydroxyl groups excluding tert-OH is 1. The average Bonchev–Trinajstić information content (AvgIpc) is 1.87. The Hall–Kier alpha value is 0.260. The van der Waals surface area contributed by atoms with Crippen LogP contribution in [0.3, 0.4) is 0 Å².